The number of hydrogen-bond acceptors (Lipinski definition) is 4. The molecule has 2 rings (SSSR count). The summed E-state index contributed by atoms with van der Waals surface area (Å²) in [5.74, 6) is 0. The molecule has 1 aromatic rings. The number of rotatable bonds is 7. The van der Waals surface area contributed by atoms with E-state index in [4.69, 9.17) is 4.74 Å². The predicted octanol–water partition coefficient (Wildman–Crippen LogP) is 4.47. The van der Waals surface area contributed by atoms with Crippen LogP contribution in [0.4, 0.5) is 0 Å². The minimum absolute atomic E-state index is 0.359. The lowest BCUT2D eigenvalue weighted by atomic mass is 10.0. The first-order valence-corrected chi connectivity index (χ1v) is 9.01. The van der Waals surface area contributed by atoms with Crippen molar-refractivity contribution in [3.8, 4) is 0 Å². The topological polar surface area (TPSA) is 21.3 Å². The van der Waals surface area contributed by atoms with Crippen molar-refractivity contribution in [1.82, 2.24) is 5.32 Å². The molecule has 19 heavy (non-hydrogen) atoms. The van der Waals surface area contributed by atoms with Crippen LogP contribution in [0.2, 0.25) is 0 Å². The van der Waals surface area contributed by atoms with Crippen LogP contribution in [0.5, 0.6) is 0 Å². The van der Waals surface area contributed by atoms with Crippen LogP contribution in [-0.2, 0) is 4.74 Å². The molecule has 1 aliphatic heterocycles. The average Bonchev–Trinajstić information content (AvgIpc) is 2.80. The summed E-state index contributed by atoms with van der Waals surface area (Å²) in [7, 11) is 0. The second kappa shape index (κ2) is 7.67. The van der Waals surface area contributed by atoms with Crippen LogP contribution in [-0.4, -0.2) is 24.5 Å². The minimum atomic E-state index is 0.359. The highest BCUT2D eigenvalue weighted by Crippen LogP contribution is 2.43. The monoisotopic (exact) mass is 299 g/mol. The summed E-state index contributed by atoms with van der Waals surface area (Å²) in [5.41, 5.74) is 1.52. The predicted molar refractivity (Wildman–Crippen MR) is 85.3 cm³/mol. The Hall–Kier alpha value is -0.0300. The first-order chi connectivity index (χ1) is 9.16. The molecule has 1 unspecified atom stereocenters. The first kappa shape index (κ1) is 15.4. The second-order valence-corrected chi connectivity index (χ2v) is 8.08. The molecule has 108 valence electrons. The van der Waals surface area contributed by atoms with Gasteiger partial charge < -0.3 is 10.1 Å². The molecule has 0 aliphatic carbocycles. The van der Waals surface area contributed by atoms with E-state index in [1.54, 1.807) is 0 Å². The van der Waals surface area contributed by atoms with E-state index in [-0.39, 0.29) is 0 Å². The largest absolute Gasteiger partial charge is 0.379 e. The summed E-state index contributed by atoms with van der Waals surface area (Å²) in [6, 6.07) is 2.85. The van der Waals surface area contributed by atoms with Gasteiger partial charge in [0.25, 0.3) is 0 Å². The fourth-order valence-corrected chi connectivity index (χ4v) is 4.93. The molecule has 0 aromatic carbocycles. The third kappa shape index (κ3) is 4.78. The molecule has 0 amide bonds. The molecule has 0 fully saturated rings. The zero-order valence-corrected chi connectivity index (χ0v) is 13.8. The summed E-state index contributed by atoms with van der Waals surface area (Å²) in [6.07, 6.45) is 3.96. The number of nitrogens with one attached hydrogen (secondary N) is 1. The smallest absolute Gasteiger partial charge is 0.0649 e. The Kier molecular flexibility index (Phi) is 6.20. The van der Waals surface area contributed by atoms with Crippen molar-refractivity contribution in [2.24, 2.45) is 0 Å². The Balaban J connectivity index is 1.69. The molecular weight excluding hydrogens is 274 g/mol. The maximum Gasteiger partial charge on any atom is 0.0649 e. The first-order valence-electron chi connectivity index (χ1n) is 7.26. The van der Waals surface area contributed by atoms with Gasteiger partial charge in [-0.3, -0.25) is 0 Å². The van der Waals surface area contributed by atoms with Gasteiger partial charge in [-0.05, 0) is 56.7 Å². The van der Waals surface area contributed by atoms with E-state index < -0.39 is 0 Å². The lowest BCUT2D eigenvalue weighted by Gasteiger charge is -2.27. The summed E-state index contributed by atoms with van der Waals surface area (Å²) >= 11 is 3.92. The molecule has 0 saturated carbocycles. The summed E-state index contributed by atoms with van der Waals surface area (Å²) < 4.78 is 7.08. The van der Waals surface area contributed by atoms with Crippen LogP contribution >= 0.6 is 23.1 Å². The molecule has 0 radical (unpaired) electrons. The molecule has 4 heteroatoms. The Labute approximate surface area is 125 Å². The van der Waals surface area contributed by atoms with Crippen molar-refractivity contribution >= 4 is 23.1 Å². The highest BCUT2D eigenvalue weighted by Gasteiger charge is 2.25. The van der Waals surface area contributed by atoms with Crippen LogP contribution in [0.25, 0.3) is 0 Å². The SMILES string of the molecule is CC(C)OCCCCNC1C[C@H](C)Sc2sccc21. The third-order valence-electron chi connectivity index (χ3n) is 3.32. The van der Waals surface area contributed by atoms with Crippen molar-refractivity contribution in [2.75, 3.05) is 13.2 Å². The Morgan fingerprint density at radius 1 is 1.42 bits per heavy atom. The molecule has 0 spiro atoms. The minimum Gasteiger partial charge on any atom is -0.379 e. The van der Waals surface area contributed by atoms with Gasteiger partial charge in [-0.15, -0.1) is 23.1 Å². The molecule has 2 atom stereocenters. The number of ether oxygens (including phenoxy) is 1. The van der Waals surface area contributed by atoms with E-state index in [1.165, 1.54) is 22.6 Å². The van der Waals surface area contributed by atoms with Crippen LogP contribution in [0, 0.1) is 0 Å². The normalized spacial score (nSPS) is 22.7. The Morgan fingerprint density at radius 2 is 2.26 bits per heavy atom. The fourth-order valence-electron chi connectivity index (χ4n) is 2.36. The van der Waals surface area contributed by atoms with Crippen LogP contribution in [0.1, 0.15) is 51.6 Å². The van der Waals surface area contributed by atoms with Gasteiger partial charge in [0.15, 0.2) is 0 Å². The average molecular weight is 300 g/mol. The number of hydrogen-bond donors (Lipinski definition) is 1. The van der Waals surface area contributed by atoms with Crippen molar-refractivity contribution in [1.29, 1.82) is 0 Å². The third-order valence-corrected chi connectivity index (χ3v) is 5.67. The van der Waals surface area contributed by atoms with Gasteiger partial charge in [-0.2, -0.15) is 0 Å². The number of thioether (sulfide) groups is 1. The van der Waals surface area contributed by atoms with E-state index in [2.05, 4.69) is 37.5 Å². The van der Waals surface area contributed by atoms with Crippen LogP contribution in [0.3, 0.4) is 0 Å². The van der Waals surface area contributed by atoms with E-state index in [0.29, 0.717) is 12.1 Å². The maximum atomic E-state index is 5.57. The summed E-state index contributed by atoms with van der Waals surface area (Å²) in [4.78, 5) is 0. The van der Waals surface area contributed by atoms with Gasteiger partial charge in [0, 0.05) is 17.9 Å². The van der Waals surface area contributed by atoms with Gasteiger partial charge in [-0.1, -0.05) is 6.92 Å². The number of fused-ring (bicyclic) bond motifs is 1. The highest BCUT2D eigenvalue weighted by molar-refractivity contribution is 8.01. The van der Waals surface area contributed by atoms with E-state index in [0.717, 1.165) is 24.8 Å². The number of thiophene rings is 1. The van der Waals surface area contributed by atoms with Crippen molar-refractivity contribution in [3.63, 3.8) is 0 Å². The van der Waals surface area contributed by atoms with Crippen molar-refractivity contribution in [2.45, 2.75) is 61.6 Å². The highest BCUT2D eigenvalue weighted by atomic mass is 32.2. The van der Waals surface area contributed by atoms with Gasteiger partial charge >= 0.3 is 0 Å². The molecule has 0 saturated heterocycles. The molecule has 0 bridgehead atoms. The second-order valence-electron chi connectivity index (χ2n) is 5.46. The molecule has 2 heterocycles. The summed E-state index contributed by atoms with van der Waals surface area (Å²) in [5, 5.41) is 6.67. The fraction of sp³-hybridized carbons (Fsp3) is 0.733. The van der Waals surface area contributed by atoms with Gasteiger partial charge in [0.05, 0.1) is 10.3 Å². The van der Waals surface area contributed by atoms with Crippen molar-refractivity contribution in [3.05, 3.63) is 17.0 Å². The lowest BCUT2D eigenvalue weighted by Crippen LogP contribution is -2.27. The van der Waals surface area contributed by atoms with E-state index in [9.17, 15) is 0 Å². The number of unbranched alkanes of at least 4 members (excludes halogenated alkanes) is 1. The van der Waals surface area contributed by atoms with Crippen molar-refractivity contribution < 1.29 is 4.74 Å². The molecule has 1 aliphatic rings. The van der Waals surface area contributed by atoms with Crippen LogP contribution < -0.4 is 5.32 Å². The van der Waals surface area contributed by atoms with Crippen LogP contribution in [0.15, 0.2) is 15.7 Å². The maximum absolute atomic E-state index is 5.57. The zero-order valence-electron chi connectivity index (χ0n) is 12.1. The van der Waals surface area contributed by atoms with E-state index in [1.807, 2.05) is 23.1 Å². The Bertz CT molecular complexity index is 378. The lowest BCUT2D eigenvalue weighted by molar-refractivity contribution is 0.0759. The molecule has 1 N–H and O–H groups in total. The summed E-state index contributed by atoms with van der Waals surface area (Å²) in [6.45, 7) is 8.51. The quantitative estimate of drug-likeness (QED) is 0.751. The zero-order chi connectivity index (χ0) is 13.7. The Morgan fingerprint density at radius 3 is 3.05 bits per heavy atom. The van der Waals surface area contributed by atoms with Gasteiger partial charge in [0.1, 0.15) is 0 Å². The standard InChI is InChI=1S/C15H25NOS2/c1-11(2)17-8-5-4-7-16-14-10-12(3)19-15-13(14)6-9-18-15/h6,9,11-12,14,16H,4-5,7-8,10H2,1-3H3/t12-,14?/m0/s1. The van der Waals surface area contributed by atoms with E-state index >= 15 is 0 Å². The molecular formula is C15H25NOS2. The molecule has 2 nitrogen and oxygen atoms in total. The van der Waals surface area contributed by atoms with Gasteiger partial charge in [-0.25, -0.2) is 0 Å². The molecule has 1 aromatic heterocycles. The van der Waals surface area contributed by atoms with Gasteiger partial charge in [0.2, 0.25) is 0 Å².